The Hall–Kier alpha value is -1.19. The number of aromatic nitrogens is 1. The standard InChI is InChI=1S/C18H26N4OS.HI/c1-3-19-18(20-11-8-12-23-4-2)21-13-17-22-16(14-24-17)15-9-6-5-7-10-15;/h5-7,9-10,14H,3-4,8,11-13H2,1-2H3,(H2,19,20,21);1H. The number of nitrogens with one attached hydrogen (secondary N) is 2. The maximum Gasteiger partial charge on any atom is 0.191 e. The molecule has 0 spiro atoms. The number of thiazole rings is 1. The van der Waals surface area contributed by atoms with Crippen LogP contribution in [0.4, 0.5) is 0 Å². The summed E-state index contributed by atoms with van der Waals surface area (Å²) in [6, 6.07) is 10.2. The molecular formula is C18H27IN4OS. The van der Waals surface area contributed by atoms with Crippen molar-refractivity contribution in [1.29, 1.82) is 0 Å². The number of ether oxygens (including phenoxy) is 1. The number of hydrogen-bond acceptors (Lipinski definition) is 4. The summed E-state index contributed by atoms with van der Waals surface area (Å²) in [7, 11) is 0. The normalized spacial score (nSPS) is 11.0. The Bertz CT molecular complexity index is 619. The molecule has 0 aliphatic carbocycles. The molecular weight excluding hydrogens is 447 g/mol. The summed E-state index contributed by atoms with van der Waals surface area (Å²) in [5.74, 6) is 0.824. The topological polar surface area (TPSA) is 58.5 Å². The Labute approximate surface area is 171 Å². The summed E-state index contributed by atoms with van der Waals surface area (Å²) < 4.78 is 5.34. The van der Waals surface area contributed by atoms with E-state index in [1.165, 1.54) is 0 Å². The smallest absolute Gasteiger partial charge is 0.191 e. The van der Waals surface area contributed by atoms with E-state index in [0.29, 0.717) is 6.54 Å². The van der Waals surface area contributed by atoms with Gasteiger partial charge in [0.15, 0.2) is 5.96 Å². The lowest BCUT2D eigenvalue weighted by Crippen LogP contribution is -2.38. The van der Waals surface area contributed by atoms with E-state index in [0.717, 1.165) is 54.9 Å². The molecule has 0 fully saturated rings. The van der Waals surface area contributed by atoms with Crippen LogP contribution < -0.4 is 10.6 Å². The zero-order valence-electron chi connectivity index (χ0n) is 14.8. The van der Waals surface area contributed by atoms with E-state index in [9.17, 15) is 0 Å². The lowest BCUT2D eigenvalue weighted by molar-refractivity contribution is 0.145. The second kappa shape index (κ2) is 13.1. The second-order valence-corrected chi connectivity index (χ2v) is 6.11. The van der Waals surface area contributed by atoms with Crippen LogP contribution >= 0.6 is 35.3 Å². The van der Waals surface area contributed by atoms with E-state index < -0.39 is 0 Å². The monoisotopic (exact) mass is 474 g/mol. The van der Waals surface area contributed by atoms with Crippen molar-refractivity contribution in [3.63, 3.8) is 0 Å². The number of aliphatic imine (C=N–C) groups is 1. The summed E-state index contributed by atoms with van der Waals surface area (Å²) in [5, 5.41) is 9.68. The van der Waals surface area contributed by atoms with Gasteiger partial charge in [-0.2, -0.15) is 0 Å². The number of guanidine groups is 1. The molecule has 2 N–H and O–H groups in total. The SMILES string of the molecule is CCNC(=NCc1nc(-c2ccccc2)cs1)NCCCOCC.I. The predicted molar refractivity (Wildman–Crippen MR) is 117 cm³/mol. The Kier molecular flexibility index (Phi) is 11.4. The van der Waals surface area contributed by atoms with Crippen LogP contribution in [0.5, 0.6) is 0 Å². The first kappa shape index (κ1) is 21.9. The van der Waals surface area contributed by atoms with Crippen molar-refractivity contribution in [2.75, 3.05) is 26.3 Å². The maximum atomic E-state index is 5.34. The third-order valence-corrected chi connectivity index (χ3v) is 4.13. The zero-order chi connectivity index (χ0) is 17.0. The molecule has 0 amide bonds. The Morgan fingerprint density at radius 3 is 2.72 bits per heavy atom. The van der Waals surface area contributed by atoms with Gasteiger partial charge in [-0.05, 0) is 20.3 Å². The van der Waals surface area contributed by atoms with Crippen LogP contribution in [-0.4, -0.2) is 37.2 Å². The van der Waals surface area contributed by atoms with Gasteiger partial charge >= 0.3 is 0 Å². The molecule has 0 bridgehead atoms. The number of nitrogens with zero attached hydrogens (tertiary/aromatic N) is 2. The minimum Gasteiger partial charge on any atom is -0.382 e. The first-order chi connectivity index (χ1) is 11.8. The van der Waals surface area contributed by atoms with Gasteiger partial charge in [0.1, 0.15) is 5.01 Å². The van der Waals surface area contributed by atoms with Crippen LogP contribution in [0.25, 0.3) is 11.3 Å². The molecule has 1 aromatic heterocycles. The van der Waals surface area contributed by atoms with Crippen molar-refractivity contribution >= 4 is 41.3 Å². The van der Waals surface area contributed by atoms with Crippen molar-refractivity contribution in [1.82, 2.24) is 15.6 Å². The second-order valence-electron chi connectivity index (χ2n) is 5.16. The molecule has 2 rings (SSSR count). The predicted octanol–water partition coefficient (Wildman–Crippen LogP) is 3.91. The van der Waals surface area contributed by atoms with Crippen LogP contribution in [-0.2, 0) is 11.3 Å². The lowest BCUT2D eigenvalue weighted by atomic mass is 10.2. The largest absolute Gasteiger partial charge is 0.382 e. The van der Waals surface area contributed by atoms with Gasteiger partial charge in [-0.15, -0.1) is 35.3 Å². The van der Waals surface area contributed by atoms with Crippen molar-refractivity contribution in [3.05, 3.63) is 40.7 Å². The number of benzene rings is 1. The lowest BCUT2D eigenvalue weighted by Gasteiger charge is -2.10. The van der Waals surface area contributed by atoms with Crippen molar-refractivity contribution < 1.29 is 4.74 Å². The van der Waals surface area contributed by atoms with Gasteiger partial charge in [-0.25, -0.2) is 9.98 Å². The van der Waals surface area contributed by atoms with Gasteiger partial charge in [0.25, 0.3) is 0 Å². The number of rotatable bonds is 9. The van der Waals surface area contributed by atoms with Crippen LogP contribution in [0.15, 0.2) is 40.7 Å². The molecule has 1 aromatic carbocycles. The fourth-order valence-corrected chi connectivity index (χ4v) is 2.87. The minimum absolute atomic E-state index is 0. The van der Waals surface area contributed by atoms with E-state index in [4.69, 9.17) is 4.74 Å². The highest BCUT2D eigenvalue weighted by molar-refractivity contribution is 14.0. The summed E-state index contributed by atoms with van der Waals surface area (Å²) in [6.45, 7) is 7.88. The summed E-state index contributed by atoms with van der Waals surface area (Å²) in [4.78, 5) is 9.28. The highest BCUT2D eigenvalue weighted by Crippen LogP contribution is 2.21. The van der Waals surface area contributed by atoms with Crippen molar-refractivity contribution in [2.24, 2.45) is 4.99 Å². The van der Waals surface area contributed by atoms with Crippen molar-refractivity contribution in [3.8, 4) is 11.3 Å². The molecule has 7 heteroatoms. The third-order valence-electron chi connectivity index (χ3n) is 3.30. The molecule has 1 heterocycles. The van der Waals surface area contributed by atoms with E-state index in [1.54, 1.807) is 11.3 Å². The molecule has 0 saturated heterocycles. The first-order valence-electron chi connectivity index (χ1n) is 8.43. The average Bonchev–Trinajstić information content (AvgIpc) is 3.09. The molecule has 5 nitrogen and oxygen atoms in total. The van der Waals surface area contributed by atoms with Gasteiger partial charge in [0.2, 0.25) is 0 Å². The van der Waals surface area contributed by atoms with E-state index in [1.807, 2.05) is 25.1 Å². The maximum absolute atomic E-state index is 5.34. The van der Waals surface area contributed by atoms with Crippen molar-refractivity contribution in [2.45, 2.75) is 26.8 Å². The summed E-state index contributed by atoms with van der Waals surface area (Å²) in [5.41, 5.74) is 2.16. The van der Waals surface area contributed by atoms with E-state index in [2.05, 4.69) is 45.0 Å². The minimum atomic E-state index is 0. The van der Waals surface area contributed by atoms with Crippen LogP contribution in [0.2, 0.25) is 0 Å². The molecule has 0 atom stereocenters. The fourth-order valence-electron chi connectivity index (χ4n) is 2.14. The molecule has 0 radical (unpaired) electrons. The Balaban J connectivity index is 0.00000312. The van der Waals surface area contributed by atoms with E-state index >= 15 is 0 Å². The fraction of sp³-hybridized carbons (Fsp3) is 0.444. The van der Waals surface area contributed by atoms with Crippen LogP contribution in [0.3, 0.4) is 0 Å². The quantitative estimate of drug-likeness (QED) is 0.251. The van der Waals surface area contributed by atoms with Gasteiger partial charge in [0, 0.05) is 37.2 Å². The van der Waals surface area contributed by atoms with Gasteiger partial charge in [-0.1, -0.05) is 30.3 Å². The molecule has 0 aliphatic heterocycles. The summed E-state index contributed by atoms with van der Waals surface area (Å²) in [6.07, 6.45) is 0.966. The van der Waals surface area contributed by atoms with Gasteiger partial charge in [-0.3, -0.25) is 0 Å². The van der Waals surface area contributed by atoms with Gasteiger partial charge < -0.3 is 15.4 Å². The Morgan fingerprint density at radius 2 is 2.00 bits per heavy atom. The first-order valence-corrected chi connectivity index (χ1v) is 9.31. The average molecular weight is 474 g/mol. The third kappa shape index (κ3) is 8.15. The highest BCUT2D eigenvalue weighted by atomic mass is 127. The highest BCUT2D eigenvalue weighted by Gasteiger charge is 2.04. The number of hydrogen-bond donors (Lipinski definition) is 2. The van der Waals surface area contributed by atoms with Crippen LogP contribution in [0.1, 0.15) is 25.3 Å². The number of halogens is 1. The van der Waals surface area contributed by atoms with Gasteiger partial charge in [0.05, 0.1) is 12.2 Å². The molecule has 0 saturated carbocycles. The zero-order valence-corrected chi connectivity index (χ0v) is 18.0. The van der Waals surface area contributed by atoms with E-state index in [-0.39, 0.29) is 24.0 Å². The Morgan fingerprint density at radius 1 is 1.20 bits per heavy atom. The van der Waals surface area contributed by atoms with Crippen LogP contribution in [0, 0.1) is 0 Å². The molecule has 25 heavy (non-hydrogen) atoms. The molecule has 0 unspecified atom stereocenters. The molecule has 138 valence electrons. The molecule has 2 aromatic rings. The molecule has 0 aliphatic rings. The summed E-state index contributed by atoms with van der Waals surface area (Å²) >= 11 is 1.65.